The normalized spacial score (nSPS) is 11.2. The number of amides is 1. The molecule has 0 unspecified atom stereocenters. The Balaban J connectivity index is 2.07. The highest BCUT2D eigenvalue weighted by Gasteiger charge is 2.21. The number of aliphatic carboxylic acids is 1. The van der Waals surface area contributed by atoms with E-state index in [4.69, 9.17) is 15.6 Å². The molecule has 0 aliphatic rings. The summed E-state index contributed by atoms with van der Waals surface area (Å²) in [6.07, 6.45) is 0.750. The Kier molecular flexibility index (Phi) is 5.69. The fraction of sp³-hybridized carbons (Fsp3) is 0.167. The average molecular weight is 481 g/mol. The van der Waals surface area contributed by atoms with Crippen LogP contribution in [0.2, 0.25) is 0 Å². The zero-order valence-corrected chi connectivity index (χ0v) is 18.5. The van der Waals surface area contributed by atoms with Gasteiger partial charge in [-0.2, -0.15) is 0 Å². The van der Waals surface area contributed by atoms with Gasteiger partial charge in [-0.1, -0.05) is 41.1 Å². The highest BCUT2D eigenvalue weighted by molar-refractivity contribution is 9.10. The first-order chi connectivity index (χ1) is 14.9. The van der Waals surface area contributed by atoms with Crippen LogP contribution in [0.15, 0.2) is 59.1 Å². The highest BCUT2D eigenvalue weighted by atomic mass is 79.9. The Morgan fingerprint density at radius 3 is 2.48 bits per heavy atom. The minimum absolute atomic E-state index is 0.375. The number of rotatable bonds is 7. The zero-order valence-electron chi connectivity index (χ0n) is 16.9. The van der Waals surface area contributed by atoms with Gasteiger partial charge in [0.1, 0.15) is 5.75 Å². The summed E-state index contributed by atoms with van der Waals surface area (Å²) in [5.41, 5.74) is 9.85. The molecule has 1 aromatic heterocycles. The fourth-order valence-electron chi connectivity index (χ4n) is 3.93. The van der Waals surface area contributed by atoms with Crippen LogP contribution in [-0.4, -0.2) is 28.2 Å². The Morgan fingerprint density at radius 2 is 1.81 bits per heavy atom. The molecule has 1 heterocycles. The molecule has 7 heteroatoms. The van der Waals surface area contributed by atoms with E-state index in [1.165, 1.54) is 0 Å². The van der Waals surface area contributed by atoms with E-state index in [1.54, 1.807) is 12.1 Å². The molecule has 4 aromatic rings. The standard InChI is InChI=1S/C24H21BrN2O4/c1-2-14-10-19-23(20(11-14)31-13-21(28)29)22-17(24(26)30)7-4-8-18(22)27(19)12-15-5-3-6-16(25)9-15/h3-11H,2,12-13H2,1H3,(H2,26,30)(H,28,29). The molecule has 0 atom stereocenters. The van der Waals surface area contributed by atoms with E-state index >= 15 is 0 Å². The van der Waals surface area contributed by atoms with Crippen molar-refractivity contribution in [3.05, 3.63) is 75.8 Å². The maximum atomic E-state index is 12.2. The first kappa shape index (κ1) is 20.9. The average Bonchev–Trinajstić information content (AvgIpc) is 3.05. The van der Waals surface area contributed by atoms with Gasteiger partial charge >= 0.3 is 5.97 Å². The monoisotopic (exact) mass is 480 g/mol. The number of nitrogens with two attached hydrogens (primary N) is 1. The van der Waals surface area contributed by atoms with Crippen LogP contribution in [-0.2, 0) is 17.8 Å². The summed E-state index contributed by atoms with van der Waals surface area (Å²) >= 11 is 3.52. The van der Waals surface area contributed by atoms with Gasteiger partial charge in [0.15, 0.2) is 6.61 Å². The number of aryl methyl sites for hydroxylation is 1. The molecule has 158 valence electrons. The van der Waals surface area contributed by atoms with E-state index in [0.717, 1.165) is 33.1 Å². The molecule has 0 bridgehead atoms. The number of hydrogen-bond acceptors (Lipinski definition) is 3. The Hall–Kier alpha value is -3.32. The van der Waals surface area contributed by atoms with E-state index in [0.29, 0.717) is 28.6 Å². The third kappa shape index (κ3) is 4.01. The van der Waals surface area contributed by atoms with Crippen LogP contribution in [0.5, 0.6) is 5.75 Å². The molecular formula is C24H21BrN2O4. The smallest absolute Gasteiger partial charge is 0.341 e. The molecule has 6 nitrogen and oxygen atoms in total. The SMILES string of the molecule is CCc1cc(OCC(=O)O)c2c3c(C(N)=O)cccc3n(Cc3cccc(Br)c3)c2c1. The molecule has 3 aromatic carbocycles. The maximum absolute atomic E-state index is 12.2. The molecule has 0 radical (unpaired) electrons. The number of ether oxygens (including phenoxy) is 1. The fourth-order valence-corrected chi connectivity index (χ4v) is 4.38. The van der Waals surface area contributed by atoms with Gasteiger partial charge in [0.25, 0.3) is 0 Å². The molecule has 0 aliphatic carbocycles. The molecular weight excluding hydrogens is 460 g/mol. The molecule has 0 saturated heterocycles. The van der Waals surface area contributed by atoms with Gasteiger partial charge in [0.2, 0.25) is 5.91 Å². The van der Waals surface area contributed by atoms with E-state index in [1.807, 2.05) is 43.3 Å². The Morgan fingerprint density at radius 1 is 1.03 bits per heavy atom. The molecule has 0 aliphatic heterocycles. The summed E-state index contributed by atoms with van der Waals surface area (Å²) in [7, 11) is 0. The van der Waals surface area contributed by atoms with Crippen molar-refractivity contribution in [3.63, 3.8) is 0 Å². The van der Waals surface area contributed by atoms with Crippen LogP contribution >= 0.6 is 15.9 Å². The van der Waals surface area contributed by atoms with Crippen LogP contribution < -0.4 is 10.5 Å². The molecule has 0 spiro atoms. The topological polar surface area (TPSA) is 94.6 Å². The zero-order chi connectivity index (χ0) is 22.1. The predicted molar refractivity (Wildman–Crippen MR) is 124 cm³/mol. The van der Waals surface area contributed by atoms with Gasteiger partial charge in [0, 0.05) is 22.0 Å². The number of carboxylic acid groups (broad SMARTS) is 1. The van der Waals surface area contributed by atoms with E-state index in [2.05, 4.69) is 26.6 Å². The second-order valence-corrected chi connectivity index (χ2v) is 8.22. The lowest BCUT2D eigenvalue weighted by Gasteiger charge is -2.11. The summed E-state index contributed by atoms with van der Waals surface area (Å²) in [6, 6.07) is 17.3. The number of nitrogens with zero attached hydrogens (tertiary/aromatic N) is 1. The minimum atomic E-state index is -1.07. The largest absolute Gasteiger partial charge is 0.481 e. The summed E-state index contributed by atoms with van der Waals surface area (Å²) in [5, 5.41) is 10.5. The number of carbonyl (C=O) groups is 2. The molecule has 31 heavy (non-hydrogen) atoms. The summed E-state index contributed by atoms with van der Waals surface area (Å²) in [5.74, 6) is -1.18. The van der Waals surface area contributed by atoms with Crippen molar-refractivity contribution >= 4 is 49.6 Å². The number of benzene rings is 3. The lowest BCUT2D eigenvalue weighted by atomic mass is 10.0. The van der Waals surface area contributed by atoms with Gasteiger partial charge in [-0.05, 0) is 53.9 Å². The van der Waals surface area contributed by atoms with Crippen molar-refractivity contribution in [2.45, 2.75) is 19.9 Å². The number of carbonyl (C=O) groups excluding carboxylic acids is 1. The number of hydrogen-bond donors (Lipinski definition) is 2. The number of fused-ring (bicyclic) bond motifs is 3. The van der Waals surface area contributed by atoms with Gasteiger partial charge in [-0.25, -0.2) is 4.79 Å². The van der Waals surface area contributed by atoms with Crippen molar-refractivity contribution in [2.24, 2.45) is 5.73 Å². The lowest BCUT2D eigenvalue weighted by molar-refractivity contribution is -0.139. The maximum Gasteiger partial charge on any atom is 0.341 e. The van der Waals surface area contributed by atoms with E-state index in [9.17, 15) is 9.59 Å². The third-order valence-electron chi connectivity index (χ3n) is 5.27. The van der Waals surface area contributed by atoms with Crippen LogP contribution in [0, 0.1) is 0 Å². The van der Waals surface area contributed by atoms with Crippen LogP contribution in [0.4, 0.5) is 0 Å². The summed E-state index contributed by atoms with van der Waals surface area (Å²) in [4.78, 5) is 23.4. The van der Waals surface area contributed by atoms with Crippen molar-refractivity contribution in [1.29, 1.82) is 0 Å². The van der Waals surface area contributed by atoms with Gasteiger partial charge in [-0.15, -0.1) is 0 Å². The van der Waals surface area contributed by atoms with Gasteiger partial charge < -0.3 is 20.1 Å². The molecule has 4 rings (SSSR count). The molecule has 3 N–H and O–H groups in total. The highest BCUT2D eigenvalue weighted by Crippen LogP contribution is 2.39. The second kappa shape index (κ2) is 8.43. The van der Waals surface area contributed by atoms with Gasteiger partial charge in [0.05, 0.1) is 16.4 Å². The lowest BCUT2D eigenvalue weighted by Crippen LogP contribution is -2.12. The first-order valence-corrected chi connectivity index (χ1v) is 10.6. The molecule has 1 amide bonds. The van der Waals surface area contributed by atoms with E-state index in [-0.39, 0.29) is 0 Å². The Labute approximate surface area is 187 Å². The Bertz CT molecular complexity index is 1330. The minimum Gasteiger partial charge on any atom is -0.481 e. The van der Waals surface area contributed by atoms with Crippen molar-refractivity contribution in [2.75, 3.05) is 6.61 Å². The van der Waals surface area contributed by atoms with Crippen molar-refractivity contribution < 1.29 is 19.4 Å². The first-order valence-electron chi connectivity index (χ1n) is 9.85. The second-order valence-electron chi connectivity index (χ2n) is 7.30. The number of halogens is 1. The number of primary amides is 1. The molecule has 0 fully saturated rings. The van der Waals surface area contributed by atoms with Gasteiger partial charge in [-0.3, -0.25) is 4.79 Å². The number of carboxylic acids is 1. The van der Waals surface area contributed by atoms with Crippen molar-refractivity contribution in [3.8, 4) is 5.75 Å². The number of aromatic nitrogens is 1. The third-order valence-corrected chi connectivity index (χ3v) is 5.76. The molecule has 0 saturated carbocycles. The van der Waals surface area contributed by atoms with Crippen LogP contribution in [0.25, 0.3) is 21.8 Å². The summed E-state index contributed by atoms with van der Waals surface area (Å²) in [6.45, 7) is 2.12. The van der Waals surface area contributed by atoms with E-state index < -0.39 is 18.5 Å². The predicted octanol–water partition coefficient (Wildman–Crippen LogP) is 4.73. The van der Waals surface area contributed by atoms with Crippen LogP contribution in [0.1, 0.15) is 28.4 Å². The quantitative estimate of drug-likeness (QED) is 0.399. The summed E-state index contributed by atoms with van der Waals surface area (Å²) < 4.78 is 8.77. The van der Waals surface area contributed by atoms with Crippen LogP contribution in [0.3, 0.4) is 0 Å². The van der Waals surface area contributed by atoms with Crippen molar-refractivity contribution in [1.82, 2.24) is 4.57 Å².